The molecule has 0 amide bonds. The Balaban J connectivity index is 1.65. The Morgan fingerprint density at radius 3 is 2.36 bits per heavy atom. The summed E-state index contributed by atoms with van der Waals surface area (Å²) in [5.74, 6) is 1.33. The highest BCUT2D eigenvalue weighted by Crippen LogP contribution is 2.31. The minimum absolute atomic E-state index is 0.255. The minimum atomic E-state index is -0.804. The average Bonchev–Trinajstić information content (AvgIpc) is 3.26. The van der Waals surface area contributed by atoms with Gasteiger partial charge in [0.15, 0.2) is 5.82 Å². The van der Waals surface area contributed by atoms with Crippen molar-refractivity contribution in [1.82, 2.24) is 20.1 Å². The molecule has 5 heteroatoms. The van der Waals surface area contributed by atoms with E-state index in [0.29, 0.717) is 12.4 Å². The molecule has 1 unspecified atom stereocenters. The van der Waals surface area contributed by atoms with E-state index in [2.05, 4.69) is 39.7 Å². The summed E-state index contributed by atoms with van der Waals surface area (Å²) in [6, 6.07) is 18.4. The number of hydrogen-bond donors (Lipinski definition) is 2. The lowest BCUT2D eigenvalue weighted by Crippen LogP contribution is -2.18. The van der Waals surface area contributed by atoms with Crippen LogP contribution in [-0.2, 0) is 19.4 Å². The second kappa shape index (κ2) is 6.78. The summed E-state index contributed by atoms with van der Waals surface area (Å²) >= 11 is 0. The van der Waals surface area contributed by atoms with Gasteiger partial charge in [-0.25, -0.2) is 9.67 Å². The maximum Gasteiger partial charge on any atom is 0.184 e. The monoisotopic (exact) mass is 334 g/mol. The van der Waals surface area contributed by atoms with Crippen LogP contribution in [0.2, 0.25) is 0 Å². The van der Waals surface area contributed by atoms with Crippen molar-refractivity contribution in [2.45, 2.75) is 31.5 Å². The van der Waals surface area contributed by atoms with E-state index in [1.807, 2.05) is 42.1 Å². The number of nitrogens with one attached hydrogen (secondary N) is 1. The second-order valence-corrected chi connectivity index (χ2v) is 6.51. The molecule has 5 nitrogen and oxygen atoms in total. The molecule has 0 saturated carbocycles. The number of aliphatic hydroxyl groups excluding tert-OH is 1. The molecule has 128 valence electrons. The molecule has 1 heterocycles. The van der Waals surface area contributed by atoms with Crippen molar-refractivity contribution in [3.8, 4) is 0 Å². The number of benzene rings is 2. The summed E-state index contributed by atoms with van der Waals surface area (Å²) < 4.78 is 2.00. The van der Waals surface area contributed by atoms with Gasteiger partial charge in [-0.1, -0.05) is 54.6 Å². The zero-order chi connectivity index (χ0) is 17.2. The Bertz CT molecular complexity index is 834. The fraction of sp³-hybridized carbons (Fsp3) is 0.300. The van der Waals surface area contributed by atoms with Crippen LogP contribution in [0, 0.1) is 0 Å². The predicted octanol–water partition coefficient (Wildman–Crippen LogP) is 2.42. The molecule has 4 rings (SSSR count). The largest absolute Gasteiger partial charge is 0.380 e. The van der Waals surface area contributed by atoms with Crippen LogP contribution in [-0.4, -0.2) is 26.9 Å². The fourth-order valence-electron chi connectivity index (χ4n) is 3.55. The first kappa shape index (κ1) is 16.0. The highest BCUT2D eigenvalue weighted by molar-refractivity contribution is 5.33. The summed E-state index contributed by atoms with van der Waals surface area (Å²) in [6.07, 6.45) is 1.11. The van der Waals surface area contributed by atoms with Crippen LogP contribution in [0.15, 0.2) is 54.6 Å². The lowest BCUT2D eigenvalue weighted by Gasteiger charge is -2.12. The highest BCUT2D eigenvalue weighted by atomic mass is 16.3. The van der Waals surface area contributed by atoms with Gasteiger partial charge in [0, 0.05) is 0 Å². The van der Waals surface area contributed by atoms with Crippen molar-refractivity contribution in [3.63, 3.8) is 0 Å². The Hall–Kier alpha value is -2.50. The van der Waals surface area contributed by atoms with E-state index in [1.54, 1.807) is 0 Å². The smallest absolute Gasteiger partial charge is 0.184 e. The van der Waals surface area contributed by atoms with Crippen molar-refractivity contribution < 1.29 is 5.11 Å². The molecular weight excluding hydrogens is 312 g/mol. The predicted molar refractivity (Wildman–Crippen MR) is 96.2 cm³/mol. The van der Waals surface area contributed by atoms with Crippen LogP contribution in [0.25, 0.3) is 0 Å². The molecule has 2 N–H and O–H groups in total. The molecule has 1 aliphatic carbocycles. The average molecular weight is 334 g/mol. The standard InChI is InChI=1S/C20H22N4O/c1-21-13-18-22-20(19(25)14-7-3-2-4-8-14)23-24(18)17-11-15-9-5-6-10-16(15)12-17/h2-10,17,19,21,25H,11-13H2,1H3. The molecule has 1 aliphatic rings. The molecule has 1 atom stereocenters. The lowest BCUT2D eigenvalue weighted by molar-refractivity contribution is 0.209. The second-order valence-electron chi connectivity index (χ2n) is 6.51. The molecule has 0 saturated heterocycles. The Morgan fingerprint density at radius 1 is 1.08 bits per heavy atom. The van der Waals surface area contributed by atoms with E-state index < -0.39 is 6.10 Å². The number of aromatic nitrogens is 3. The Labute approximate surface area is 147 Å². The minimum Gasteiger partial charge on any atom is -0.380 e. The number of aliphatic hydroxyl groups is 1. The first-order chi connectivity index (χ1) is 12.3. The first-order valence-corrected chi connectivity index (χ1v) is 8.66. The van der Waals surface area contributed by atoms with Gasteiger partial charge in [-0.15, -0.1) is 0 Å². The van der Waals surface area contributed by atoms with E-state index in [4.69, 9.17) is 0 Å². The maximum atomic E-state index is 10.7. The lowest BCUT2D eigenvalue weighted by atomic mass is 10.1. The molecule has 0 spiro atoms. The first-order valence-electron chi connectivity index (χ1n) is 8.66. The van der Waals surface area contributed by atoms with Gasteiger partial charge in [0.2, 0.25) is 0 Å². The van der Waals surface area contributed by atoms with Crippen LogP contribution in [0.5, 0.6) is 0 Å². The number of rotatable bonds is 5. The molecule has 1 aromatic heterocycles. The van der Waals surface area contributed by atoms with E-state index in [1.165, 1.54) is 11.1 Å². The van der Waals surface area contributed by atoms with Gasteiger partial charge in [0.25, 0.3) is 0 Å². The van der Waals surface area contributed by atoms with E-state index in [-0.39, 0.29) is 6.04 Å². The summed E-state index contributed by atoms with van der Waals surface area (Å²) in [5.41, 5.74) is 3.57. The number of nitrogens with zero attached hydrogens (tertiary/aromatic N) is 3. The normalized spacial score (nSPS) is 15.3. The van der Waals surface area contributed by atoms with Gasteiger partial charge in [-0.3, -0.25) is 0 Å². The Morgan fingerprint density at radius 2 is 1.72 bits per heavy atom. The number of hydrogen-bond acceptors (Lipinski definition) is 4. The molecule has 25 heavy (non-hydrogen) atoms. The van der Waals surface area contributed by atoms with Gasteiger partial charge in [-0.2, -0.15) is 5.10 Å². The van der Waals surface area contributed by atoms with Crippen molar-refractivity contribution in [3.05, 3.63) is 82.9 Å². The Kier molecular flexibility index (Phi) is 4.34. The quantitative estimate of drug-likeness (QED) is 0.752. The SMILES string of the molecule is CNCc1nc(C(O)c2ccccc2)nn1C1Cc2ccccc2C1. The van der Waals surface area contributed by atoms with Crippen molar-refractivity contribution in [2.75, 3.05) is 7.05 Å². The molecule has 0 fully saturated rings. The van der Waals surface area contributed by atoms with E-state index in [9.17, 15) is 5.11 Å². The molecule has 3 aromatic rings. The van der Waals surface area contributed by atoms with Crippen LogP contribution in [0.1, 0.15) is 40.5 Å². The van der Waals surface area contributed by atoms with Crippen molar-refractivity contribution in [1.29, 1.82) is 0 Å². The van der Waals surface area contributed by atoms with Crippen LogP contribution >= 0.6 is 0 Å². The summed E-state index contributed by atoms with van der Waals surface area (Å²) in [4.78, 5) is 4.62. The zero-order valence-corrected chi connectivity index (χ0v) is 14.3. The fourth-order valence-corrected chi connectivity index (χ4v) is 3.55. The van der Waals surface area contributed by atoms with Crippen molar-refractivity contribution >= 4 is 0 Å². The molecular formula is C20H22N4O. The molecule has 0 aliphatic heterocycles. The van der Waals surface area contributed by atoms with Crippen molar-refractivity contribution in [2.24, 2.45) is 0 Å². The molecule has 0 bridgehead atoms. The maximum absolute atomic E-state index is 10.7. The van der Waals surface area contributed by atoms with Crippen LogP contribution in [0.4, 0.5) is 0 Å². The zero-order valence-electron chi connectivity index (χ0n) is 14.3. The third-order valence-electron chi connectivity index (χ3n) is 4.79. The van der Waals surface area contributed by atoms with E-state index >= 15 is 0 Å². The van der Waals surface area contributed by atoms with Crippen LogP contribution < -0.4 is 5.32 Å². The molecule has 2 aromatic carbocycles. The number of fused-ring (bicyclic) bond motifs is 1. The van der Waals surface area contributed by atoms with Crippen LogP contribution in [0.3, 0.4) is 0 Å². The van der Waals surface area contributed by atoms with E-state index in [0.717, 1.165) is 24.2 Å². The third-order valence-corrected chi connectivity index (χ3v) is 4.79. The summed E-state index contributed by atoms with van der Waals surface area (Å²) in [7, 11) is 1.90. The summed E-state index contributed by atoms with van der Waals surface area (Å²) in [6.45, 7) is 0.626. The van der Waals surface area contributed by atoms with Gasteiger partial charge < -0.3 is 10.4 Å². The van der Waals surface area contributed by atoms with Gasteiger partial charge in [0.1, 0.15) is 11.9 Å². The van der Waals surface area contributed by atoms with Gasteiger partial charge in [-0.05, 0) is 36.6 Å². The summed E-state index contributed by atoms with van der Waals surface area (Å²) in [5, 5.41) is 18.5. The molecule has 0 radical (unpaired) electrons. The van der Waals surface area contributed by atoms with Gasteiger partial charge in [0.05, 0.1) is 12.6 Å². The third kappa shape index (κ3) is 3.08. The topological polar surface area (TPSA) is 63.0 Å². The van der Waals surface area contributed by atoms with Gasteiger partial charge >= 0.3 is 0 Å². The highest BCUT2D eigenvalue weighted by Gasteiger charge is 2.27.